The first kappa shape index (κ1) is 18.0. The Morgan fingerprint density at radius 2 is 2.22 bits per heavy atom. The van der Waals surface area contributed by atoms with Gasteiger partial charge in [-0.15, -0.1) is 0 Å². The van der Waals surface area contributed by atoms with Crippen molar-refractivity contribution >= 4 is 17.7 Å². The largest absolute Gasteiger partial charge is 0.444 e. The summed E-state index contributed by atoms with van der Waals surface area (Å²) in [5.74, 6) is -0.528. The van der Waals surface area contributed by atoms with E-state index in [4.69, 9.17) is 26.8 Å². The molecule has 0 unspecified atom stereocenters. The summed E-state index contributed by atoms with van der Waals surface area (Å²) in [6, 6.07) is 3.85. The molecule has 2 atom stereocenters. The van der Waals surface area contributed by atoms with Crippen LogP contribution in [-0.2, 0) is 9.47 Å². The molecule has 0 radical (unpaired) electrons. The van der Waals surface area contributed by atoms with Crippen molar-refractivity contribution in [1.82, 2.24) is 4.90 Å². The number of morpholine rings is 1. The van der Waals surface area contributed by atoms with Gasteiger partial charge in [-0.2, -0.15) is 0 Å². The maximum absolute atomic E-state index is 13.6. The second-order valence-electron chi connectivity index (χ2n) is 6.53. The van der Waals surface area contributed by atoms with Crippen LogP contribution in [0.15, 0.2) is 18.2 Å². The van der Waals surface area contributed by atoms with E-state index in [0.29, 0.717) is 25.3 Å². The number of rotatable bonds is 2. The molecule has 1 aromatic carbocycles. The van der Waals surface area contributed by atoms with Gasteiger partial charge < -0.3 is 20.1 Å². The summed E-state index contributed by atoms with van der Waals surface area (Å²) in [4.78, 5) is 13.7. The molecule has 1 aliphatic rings. The standard InChI is InChI=1S/C16H22ClFN2O3/c1-16(2,3)23-15(21)20-6-7-22-13(9-20)14(19)10-4-5-11(17)12(18)8-10/h4-5,8,13-14H,6-7,9,19H2,1-3H3/t13-,14-/m1/s1. The number of carbonyl (C=O) groups excluding carboxylic acids is 1. The van der Waals surface area contributed by atoms with Crippen LogP contribution >= 0.6 is 11.6 Å². The SMILES string of the molecule is CC(C)(C)OC(=O)N1CCO[C@@H]([C@H](N)c2ccc(Cl)c(F)c2)C1. The van der Waals surface area contributed by atoms with Crippen molar-refractivity contribution in [2.45, 2.75) is 38.5 Å². The van der Waals surface area contributed by atoms with Crippen molar-refractivity contribution in [2.75, 3.05) is 19.7 Å². The molecule has 128 valence electrons. The van der Waals surface area contributed by atoms with Crippen LogP contribution in [0.4, 0.5) is 9.18 Å². The highest BCUT2D eigenvalue weighted by atomic mass is 35.5. The van der Waals surface area contributed by atoms with Gasteiger partial charge in [0.2, 0.25) is 0 Å². The zero-order valence-corrected chi connectivity index (χ0v) is 14.3. The Labute approximate surface area is 140 Å². The molecule has 1 amide bonds. The topological polar surface area (TPSA) is 64.8 Å². The van der Waals surface area contributed by atoms with Crippen LogP contribution in [-0.4, -0.2) is 42.4 Å². The fraction of sp³-hybridized carbons (Fsp3) is 0.562. The summed E-state index contributed by atoms with van der Waals surface area (Å²) in [5.41, 5.74) is 6.17. The van der Waals surface area contributed by atoms with Gasteiger partial charge in [-0.05, 0) is 38.5 Å². The molecule has 1 saturated heterocycles. The zero-order valence-electron chi connectivity index (χ0n) is 13.5. The monoisotopic (exact) mass is 344 g/mol. The number of amides is 1. The molecule has 0 saturated carbocycles. The smallest absolute Gasteiger partial charge is 0.410 e. The normalized spacial score (nSPS) is 20.3. The van der Waals surface area contributed by atoms with E-state index >= 15 is 0 Å². The second-order valence-corrected chi connectivity index (χ2v) is 6.94. The van der Waals surface area contributed by atoms with Gasteiger partial charge in [-0.3, -0.25) is 0 Å². The molecule has 1 aliphatic heterocycles. The third-order valence-corrected chi connectivity index (χ3v) is 3.78. The van der Waals surface area contributed by atoms with Crippen LogP contribution in [0.1, 0.15) is 32.4 Å². The predicted molar refractivity (Wildman–Crippen MR) is 85.9 cm³/mol. The average molecular weight is 345 g/mol. The lowest BCUT2D eigenvalue weighted by atomic mass is 10.0. The molecule has 1 fully saturated rings. The van der Waals surface area contributed by atoms with Crippen LogP contribution in [0.2, 0.25) is 5.02 Å². The molecular formula is C16H22ClFN2O3. The molecule has 0 bridgehead atoms. The van der Waals surface area contributed by atoms with E-state index < -0.39 is 29.7 Å². The fourth-order valence-electron chi connectivity index (χ4n) is 2.32. The van der Waals surface area contributed by atoms with E-state index in [-0.39, 0.29) is 5.02 Å². The van der Waals surface area contributed by atoms with Crippen LogP contribution < -0.4 is 5.73 Å². The Morgan fingerprint density at radius 1 is 1.52 bits per heavy atom. The van der Waals surface area contributed by atoms with Gasteiger partial charge in [-0.25, -0.2) is 9.18 Å². The summed E-state index contributed by atoms with van der Waals surface area (Å²) < 4.78 is 24.6. The lowest BCUT2D eigenvalue weighted by molar-refractivity contribution is -0.0508. The molecule has 1 aromatic rings. The molecule has 2 N–H and O–H groups in total. The molecular weight excluding hydrogens is 323 g/mol. The number of hydrogen-bond acceptors (Lipinski definition) is 4. The number of ether oxygens (including phenoxy) is 2. The van der Waals surface area contributed by atoms with Gasteiger partial charge in [0.05, 0.1) is 30.3 Å². The van der Waals surface area contributed by atoms with Crippen molar-refractivity contribution in [1.29, 1.82) is 0 Å². The lowest BCUT2D eigenvalue weighted by Crippen LogP contribution is -2.50. The van der Waals surface area contributed by atoms with E-state index in [9.17, 15) is 9.18 Å². The molecule has 5 nitrogen and oxygen atoms in total. The molecule has 1 heterocycles. The first-order valence-electron chi connectivity index (χ1n) is 7.47. The fourth-order valence-corrected chi connectivity index (χ4v) is 2.44. The highest BCUT2D eigenvalue weighted by molar-refractivity contribution is 6.30. The molecule has 0 spiro atoms. The first-order chi connectivity index (χ1) is 10.7. The van der Waals surface area contributed by atoms with E-state index in [0.717, 1.165) is 0 Å². The highest BCUT2D eigenvalue weighted by Crippen LogP contribution is 2.24. The quantitative estimate of drug-likeness (QED) is 0.895. The third kappa shape index (κ3) is 4.80. The Morgan fingerprint density at radius 3 is 2.83 bits per heavy atom. The number of nitrogens with zero attached hydrogens (tertiary/aromatic N) is 1. The molecule has 23 heavy (non-hydrogen) atoms. The maximum atomic E-state index is 13.6. The van der Waals surface area contributed by atoms with Crippen LogP contribution in [0, 0.1) is 5.82 Å². The Balaban J connectivity index is 2.05. The van der Waals surface area contributed by atoms with Crippen LogP contribution in [0.3, 0.4) is 0 Å². The predicted octanol–water partition coefficient (Wildman–Crippen LogP) is 3.11. The van der Waals surface area contributed by atoms with Gasteiger partial charge in [0.25, 0.3) is 0 Å². The number of nitrogens with two attached hydrogens (primary N) is 1. The summed E-state index contributed by atoms with van der Waals surface area (Å²) >= 11 is 5.68. The van der Waals surface area contributed by atoms with E-state index in [1.165, 1.54) is 12.1 Å². The van der Waals surface area contributed by atoms with E-state index in [1.807, 2.05) is 20.8 Å². The highest BCUT2D eigenvalue weighted by Gasteiger charge is 2.31. The number of halogens is 2. The first-order valence-corrected chi connectivity index (χ1v) is 7.85. The number of hydrogen-bond donors (Lipinski definition) is 1. The summed E-state index contributed by atoms with van der Waals surface area (Å²) in [6.07, 6.45) is -0.836. The Bertz CT molecular complexity index is 577. The van der Waals surface area contributed by atoms with Gasteiger partial charge in [0.1, 0.15) is 11.4 Å². The van der Waals surface area contributed by atoms with Gasteiger partial charge in [0.15, 0.2) is 0 Å². The van der Waals surface area contributed by atoms with Gasteiger partial charge >= 0.3 is 6.09 Å². The van der Waals surface area contributed by atoms with Gasteiger partial charge in [-0.1, -0.05) is 17.7 Å². The number of carbonyl (C=O) groups is 1. The Kier molecular flexibility index (Phi) is 5.49. The van der Waals surface area contributed by atoms with Crippen molar-refractivity contribution in [3.63, 3.8) is 0 Å². The van der Waals surface area contributed by atoms with E-state index in [2.05, 4.69) is 0 Å². The maximum Gasteiger partial charge on any atom is 0.410 e. The molecule has 0 aliphatic carbocycles. The van der Waals surface area contributed by atoms with Crippen molar-refractivity contribution in [3.05, 3.63) is 34.6 Å². The molecule has 2 rings (SSSR count). The van der Waals surface area contributed by atoms with Gasteiger partial charge in [0, 0.05) is 6.54 Å². The summed E-state index contributed by atoms with van der Waals surface area (Å²) in [5, 5.41) is 0.0425. The molecule has 0 aromatic heterocycles. The van der Waals surface area contributed by atoms with Crippen LogP contribution in [0.5, 0.6) is 0 Å². The zero-order chi connectivity index (χ0) is 17.2. The summed E-state index contributed by atoms with van der Waals surface area (Å²) in [6.45, 7) is 6.52. The average Bonchev–Trinajstić information content (AvgIpc) is 2.48. The summed E-state index contributed by atoms with van der Waals surface area (Å²) in [7, 11) is 0. The minimum absolute atomic E-state index is 0.0425. The minimum Gasteiger partial charge on any atom is -0.444 e. The Hall–Kier alpha value is -1.37. The number of benzene rings is 1. The molecule has 7 heteroatoms. The minimum atomic E-state index is -0.563. The van der Waals surface area contributed by atoms with E-state index in [1.54, 1.807) is 11.0 Å². The van der Waals surface area contributed by atoms with Crippen LogP contribution in [0.25, 0.3) is 0 Å². The second kappa shape index (κ2) is 7.03. The van der Waals surface area contributed by atoms with Crippen molar-refractivity contribution < 1.29 is 18.7 Å². The van der Waals surface area contributed by atoms with Crippen molar-refractivity contribution in [2.24, 2.45) is 5.73 Å². The lowest BCUT2D eigenvalue weighted by Gasteiger charge is -2.36. The van der Waals surface area contributed by atoms with Crippen molar-refractivity contribution in [3.8, 4) is 0 Å². The third-order valence-electron chi connectivity index (χ3n) is 3.47.